The molecular weight excluding hydrogens is 1060 g/mol. The molecule has 1 aromatic rings. The highest BCUT2D eigenvalue weighted by atomic mass is 32.3. The summed E-state index contributed by atoms with van der Waals surface area (Å²) in [6, 6.07) is -0.745. The maximum absolute atomic E-state index is 13.8. The number of nitrogens with one attached hydrogen (secondary N) is 4. The van der Waals surface area contributed by atoms with Crippen molar-refractivity contribution in [3.63, 3.8) is 0 Å². The molecule has 0 bridgehead atoms. The molecule has 0 saturated carbocycles. The van der Waals surface area contributed by atoms with Crippen molar-refractivity contribution < 1.29 is 120 Å². The van der Waals surface area contributed by atoms with Gasteiger partial charge in [0.15, 0.2) is 25.2 Å². The highest BCUT2D eigenvalue weighted by Gasteiger charge is 2.56. The Morgan fingerprint density at radius 3 is 1.56 bits per heavy atom. The predicted molar refractivity (Wildman–Crippen MR) is 262 cm³/mol. The van der Waals surface area contributed by atoms with Crippen molar-refractivity contribution >= 4 is 34.0 Å². The largest absolute Gasteiger partial charge is 0.494 e. The molecule has 14 N–H and O–H groups in total. The van der Waals surface area contributed by atoms with Crippen LogP contribution in [0, 0.1) is 11.8 Å². The molecule has 0 aliphatic carbocycles. The second-order valence-corrected chi connectivity index (χ2v) is 20.1. The van der Waals surface area contributed by atoms with Gasteiger partial charge < -0.3 is 105 Å². The van der Waals surface area contributed by atoms with Gasteiger partial charge in [-0.1, -0.05) is 32.3 Å². The van der Waals surface area contributed by atoms with Crippen LogP contribution in [0.15, 0.2) is 24.3 Å². The fraction of sp³-hybridized carbons (Fsp3) is 0.750. The second-order valence-electron chi connectivity index (χ2n) is 19.0. The van der Waals surface area contributed by atoms with Crippen molar-refractivity contribution in [1.29, 1.82) is 0 Å². The highest BCUT2D eigenvalue weighted by Crippen LogP contribution is 2.35. The summed E-state index contributed by atoms with van der Waals surface area (Å²) in [6.07, 6.45) is -23.1. The number of hydrogen-bond acceptors (Lipinski definition) is 24. The Hall–Kier alpha value is -4.31. The van der Waals surface area contributed by atoms with Gasteiger partial charge in [-0.15, -0.1) is 11.8 Å². The molecule has 4 aliphatic heterocycles. The highest BCUT2D eigenvalue weighted by molar-refractivity contribution is 7.80. The van der Waals surface area contributed by atoms with Gasteiger partial charge in [-0.25, -0.2) is 4.18 Å². The molecule has 30 heteroatoms. The summed E-state index contributed by atoms with van der Waals surface area (Å²) in [5.41, 5.74) is 0.0447. The monoisotopic (exact) mass is 1140 g/mol. The molecule has 20 atom stereocenters. The Balaban J connectivity index is 1.35. The van der Waals surface area contributed by atoms with Gasteiger partial charge in [0, 0.05) is 39.2 Å². The fourth-order valence-corrected chi connectivity index (χ4v) is 9.51. The predicted octanol–water partition coefficient (Wildman–Crippen LogP) is -4.92. The lowest BCUT2D eigenvalue weighted by atomic mass is 9.93. The molecule has 1 aromatic carbocycles. The van der Waals surface area contributed by atoms with Crippen molar-refractivity contribution in [2.24, 2.45) is 0 Å². The number of carbonyl (C=O) groups excluding carboxylic acids is 4. The van der Waals surface area contributed by atoms with Crippen LogP contribution in [-0.4, -0.2) is 238 Å². The van der Waals surface area contributed by atoms with Crippen LogP contribution in [0.25, 0.3) is 0 Å². The van der Waals surface area contributed by atoms with Crippen LogP contribution in [0.1, 0.15) is 83.0 Å². The topological polar surface area (TPSA) is 436 Å². The van der Waals surface area contributed by atoms with Crippen molar-refractivity contribution in [2.75, 3.05) is 33.0 Å². The van der Waals surface area contributed by atoms with Gasteiger partial charge in [0.25, 0.3) is 5.91 Å². The Labute approximate surface area is 450 Å². The number of hydrogen-bond donors (Lipinski definition) is 14. The van der Waals surface area contributed by atoms with Crippen molar-refractivity contribution in [2.45, 2.75) is 195 Å². The van der Waals surface area contributed by atoms with Gasteiger partial charge in [0.2, 0.25) is 17.7 Å². The molecule has 4 amide bonds. The number of unbranched alkanes of at least 4 members (excludes halogenated alkanes) is 5. The average Bonchev–Trinajstić information content (AvgIpc) is 3.47. The number of ether oxygens (including phenoxy) is 8. The number of benzene rings is 1. The van der Waals surface area contributed by atoms with E-state index in [9.17, 15) is 78.1 Å². The molecule has 0 aromatic heterocycles. The molecule has 20 unspecified atom stereocenters. The molecule has 5 rings (SSSR count). The molecule has 0 spiro atoms. The Bertz CT molecular complexity index is 2280. The molecule has 4 saturated heterocycles. The molecule has 4 heterocycles. The van der Waals surface area contributed by atoms with E-state index in [-0.39, 0.29) is 5.56 Å². The Morgan fingerprint density at radius 2 is 1.06 bits per heavy atom. The van der Waals surface area contributed by atoms with Crippen LogP contribution in [0.5, 0.6) is 5.75 Å². The van der Waals surface area contributed by atoms with E-state index >= 15 is 0 Å². The maximum atomic E-state index is 13.8. The van der Waals surface area contributed by atoms with Gasteiger partial charge in [-0.05, 0) is 31.0 Å². The average molecular weight is 1140 g/mol. The summed E-state index contributed by atoms with van der Waals surface area (Å²) < 4.78 is 83.8. The van der Waals surface area contributed by atoms with Gasteiger partial charge in [0.1, 0.15) is 103 Å². The fourth-order valence-electron chi connectivity index (χ4n) is 9.21. The Kier molecular flexibility index (Phi) is 25.2. The third kappa shape index (κ3) is 17.8. The van der Waals surface area contributed by atoms with Gasteiger partial charge in [0.05, 0.1) is 33.0 Å². The first kappa shape index (κ1) is 64.5. The quantitative estimate of drug-likeness (QED) is 0.0248. The van der Waals surface area contributed by atoms with E-state index in [4.69, 9.17) is 37.9 Å². The van der Waals surface area contributed by atoms with E-state index in [2.05, 4.69) is 44.2 Å². The summed E-state index contributed by atoms with van der Waals surface area (Å²) in [4.78, 5) is 51.1. The zero-order valence-corrected chi connectivity index (χ0v) is 44.2. The third-order valence-corrected chi connectivity index (χ3v) is 13.5. The first-order valence-electron chi connectivity index (χ1n) is 25.4. The van der Waals surface area contributed by atoms with Crippen molar-refractivity contribution in [3.05, 3.63) is 29.8 Å². The molecule has 29 nitrogen and oxygen atoms in total. The van der Waals surface area contributed by atoms with E-state index < -0.39 is 183 Å². The van der Waals surface area contributed by atoms with Crippen molar-refractivity contribution in [1.82, 2.24) is 21.3 Å². The number of aliphatic hydroxyl groups is 9. The van der Waals surface area contributed by atoms with Crippen LogP contribution in [0.4, 0.5) is 0 Å². The lowest BCUT2D eigenvalue weighted by Crippen LogP contribution is -2.71. The molecule has 4 aliphatic rings. The number of carbonyl (C=O) groups is 4. The second kappa shape index (κ2) is 30.5. The lowest BCUT2D eigenvalue weighted by Gasteiger charge is -2.51. The molecule has 442 valence electrons. The summed E-state index contributed by atoms with van der Waals surface area (Å²) in [5, 5.41) is 109. The van der Waals surface area contributed by atoms with Crippen molar-refractivity contribution in [3.8, 4) is 17.6 Å². The first-order chi connectivity index (χ1) is 37.0. The summed E-state index contributed by atoms with van der Waals surface area (Å²) in [7, 11) is -5.16. The van der Waals surface area contributed by atoms with Gasteiger partial charge in [-0.2, -0.15) is 8.42 Å². The summed E-state index contributed by atoms with van der Waals surface area (Å²) in [6.45, 7) is 1.51. The zero-order valence-electron chi connectivity index (χ0n) is 43.3. The Morgan fingerprint density at radius 1 is 0.590 bits per heavy atom. The standard InChI is InChI=1S/C48H74N4O25S/c1-5-6-7-8-9-10-11-12-13-17-69-27-16-14-15-26(18-27)44(64)52-33-37(60)36(59)28(19-53)72-46(33)75-41-29(20-54)73-47(34(39(41)62)50-24(3)57)76-42-30(21-55)74-48(35(40(42)63)51-25(4)58)77-43-31(22-70-78(66,67)68)71-45(65)32(38(43)61)49-23(2)56/h14-16,18,28-43,45-48,53-55,59-63,65H,5-9,12-13,17,19-22H2,1-4H3,(H,49,56)(H,50,57)(H,51,58)(H,52,64)(H,66,67,68). The minimum atomic E-state index is -5.16. The normalized spacial score (nSPS) is 35.1. The number of aliphatic hydroxyl groups excluding tert-OH is 9. The van der Waals surface area contributed by atoms with Crippen LogP contribution in [0.2, 0.25) is 0 Å². The minimum Gasteiger partial charge on any atom is -0.494 e. The zero-order chi connectivity index (χ0) is 57.4. The van der Waals surface area contributed by atoms with Gasteiger partial charge in [-0.3, -0.25) is 23.7 Å². The minimum absolute atomic E-state index is 0.0447. The first-order valence-corrected chi connectivity index (χ1v) is 26.8. The smallest absolute Gasteiger partial charge is 0.397 e. The molecule has 0 radical (unpaired) electrons. The lowest BCUT2D eigenvalue weighted by molar-refractivity contribution is -0.361. The van der Waals surface area contributed by atoms with E-state index in [0.717, 1.165) is 46.5 Å². The summed E-state index contributed by atoms with van der Waals surface area (Å²) in [5.74, 6) is 3.39. The van der Waals surface area contributed by atoms with E-state index in [1.807, 2.05) is 0 Å². The SMILES string of the molecule is CCCCCCC#CCCCOc1cccc(C(=O)NC2C(OC3C(CO)OC(OC4C(CO)OC(OC5C(COS(=O)(=O)O)OC(O)C(NC(C)=O)C5O)C(NC(C)=O)C4O)C(NC(C)=O)C3O)OC(CO)C(O)C2O)c1. The third-order valence-electron chi connectivity index (χ3n) is 13.0. The van der Waals surface area contributed by atoms with E-state index in [1.165, 1.54) is 18.6 Å². The van der Waals surface area contributed by atoms with E-state index in [1.54, 1.807) is 12.1 Å². The summed E-state index contributed by atoms with van der Waals surface area (Å²) >= 11 is 0. The number of rotatable bonds is 25. The van der Waals surface area contributed by atoms with E-state index in [0.29, 0.717) is 25.2 Å². The van der Waals surface area contributed by atoms with Crippen LogP contribution < -0.4 is 26.0 Å². The van der Waals surface area contributed by atoms with Crippen LogP contribution >= 0.6 is 0 Å². The number of amides is 4. The maximum Gasteiger partial charge on any atom is 0.397 e. The van der Waals surface area contributed by atoms with Crippen LogP contribution in [0.3, 0.4) is 0 Å². The van der Waals surface area contributed by atoms with Crippen LogP contribution in [-0.2, 0) is 62.1 Å². The van der Waals surface area contributed by atoms with Gasteiger partial charge >= 0.3 is 10.4 Å². The molecular formula is C48H74N4O25S. The molecule has 4 fully saturated rings. The molecule has 78 heavy (non-hydrogen) atoms.